The third-order valence-electron chi connectivity index (χ3n) is 5.51. The summed E-state index contributed by atoms with van der Waals surface area (Å²) >= 11 is 0. The molecule has 32 heavy (non-hydrogen) atoms. The van der Waals surface area contributed by atoms with Crippen LogP contribution in [0.4, 0.5) is 4.79 Å². The Morgan fingerprint density at radius 2 is 1.97 bits per heavy atom. The van der Waals surface area contributed by atoms with Crippen LogP contribution in [0.5, 0.6) is 11.5 Å². The van der Waals surface area contributed by atoms with Crippen LogP contribution in [0.25, 0.3) is 0 Å². The van der Waals surface area contributed by atoms with E-state index in [1.807, 2.05) is 36.4 Å². The van der Waals surface area contributed by atoms with E-state index in [-0.39, 0.29) is 12.6 Å². The summed E-state index contributed by atoms with van der Waals surface area (Å²) in [5, 5.41) is 5.70. The van der Waals surface area contributed by atoms with Crippen LogP contribution in [0.3, 0.4) is 0 Å². The minimum absolute atomic E-state index is 0.240. The zero-order chi connectivity index (χ0) is 22.5. The highest BCUT2D eigenvalue weighted by atomic mass is 16.5. The lowest BCUT2D eigenvalue weighted by Gasteiger charge is -2.31. The number of nitrogens with one attached hydrogen (secondary N) is 2. The number of carbonyl (C=O) groups is 2. The molecule has 0 radical (unpaired) electrons. The van der Waals surface area contributed by atoms with E-state index >= 15 is 0 Å². The standard InChI is InChI=1S/C24H27N3O5/c1-3-31-23(28)21-19(15-27-12-13-32-20-7-5-4-6-17(20)14-27)25-24(29)26-22(21)16-8-10-18(30-2)11-9-16/h4-11,22H,3,12-15H2,1-2H3,(H2,25,26,29). The van der Waals surface area contributed by atoms with Gasteiger partial charge in [-0.25, -0.2) is 9.59 Å². The van der Waals surface area contributed by atoms with E-state index in [0.717, 1.165) is 16.9 Å². The number of para-hydroxylation sites is 1. The van der Waals surface area contributed by atoms with Crippen LogP contribution in [0, 0.1) is 0 Å². The molecule has 2 aliphatic heterocycles. The first-order valence-electron chi connectivity index (χ1n) is 10.6. The van der Waals surface area contributed by atoms with Gasteiger partial charge in [0.1, 0.15) is 18.1 Å². The zero-order valence-corrected chi connectivity index (χ0v) is 18.2. The van der Waals surface area contributed by atoms with Gasteiger partial charge in [-0.2, -0.15) is 0 Å². The Labute approximate surface area is 187 Å². The van der Waals surface area contributed by atoms with Crippen LogP contribution in [0.15, 0.2) is 59.8 Å². The second-order valence-corrected chi connectivity index (χ2v) is 7.58. The van der Waals surface area contributed by atoms with E-state index in [1.54, 1.807) is 26.2 Å². The first-order chi connectivity index (χ1) is 15.6. The molecule has 8 heteroatoms. The fourth-order valence-corrected chi connectivity index (χ4v) is 3.98. The number of fused-ring (bicyclic) bond motifs is 1. The van der Waals surface area contributed by atoms with Gasteiger partial charge in [0.05, 0.1) is 25.3 Å². The van der Waals surface area contributed by atoms with E-state index < -0.39 is 12.0 Å². The Bertz CT molecular complexity index is 1020. The molecule has 1 unspecified atom stereocenters. The van der Waals surface area contributed by atoms with E-state index in [2.05, 4.69) is 15.5 Å². The number of nitrogens with zero attached hydrogens (tertiary/aromatic N) is 1. The van der Waals surface area contributed by atoms with Crippen molar-refractivity contribution in [3.63, 3.8) is 0 Å². The largest absolute Gasteiger partial charge is 0.497 e. The van der Waals surface area contributed by atoms with E-state index in [4.69, 9.17) is 14.2 Å². The minimum Gasteiger partial charge on any atom is -0.497 e. The molecule has 0 saturated heterocycles. The molecule has 1 atom stereocenters. The van der Waals surface area contributed by atoms with Gasteiger partial charge in [-0.1, -0.05) is 30.3 Å². The maximum Gasteiger partial charge on any atom is 0.338 e. The molecule has 0 spiro atoms. The zero-order valence-electron chi connectivity index (χ0n) is 18.2. The first kappa shape index (κ1) is 21.7. The fraction of sp³-hybridized carbons (Fsp3) is 0.333. The molecular formula is C24H27N3O5. The van der Waals surface area contributed by atoms with Gasteiger partial charge in [-0.3, -0.25) is 4.90 Å². The van der Waals surface area contributed by atoms with Crippen molar-refractivity contribution in [3.05, 3.63) is 70.9 Å². The van der Waals surface area contributed by atoms with Gasteiger partial charge in [-0.05, 0) is 30.7 Å². The lowest BCUT2D eigenvalue weighted by atomic mass is 9.94. The molecule has 8 nitrogen and oxygen atoms in total. The predicted octanol–water partition coefficient (Wildman–Crippen LogP) is 2.76. The topological polar surface area (TPSA) is 89.1 Å². The van der Waals surface area contributed by atoms with Gasteiger partial charge < -0.3 is 24.8 Å². The molecule has 0 aromatic heterocycles. The number of amides is 2. The first-order valence-corrected chi connectivity index (χ1v) is 10.6. The maximum atomic E-state index is 13.0. The van der Waals surface area contributed by atoms with Crippen molar-refractivity contribution in [1.29, 1.82) is 0 Å². The minimum atomic E-state index is -0.626. The summed E-state index contributed by atoms with van der Waals surface area (Å²) in [4.78, 5) is 27.7. The van der Waals surface area contributed by atoms with Gasteiger partial charge in [0.25, 0.3) is 0 Å². The van der Waals surface area contributed by atoms with E-state index in [9.17, 15) is 9.59 Å². The molecule has 2 aromatic rings. The lowest BCUT2D eigenvalue weighted by molar-refractivity contribution is -0.139. The number of benzene rings is 2. The summed E-state index contributed by atoms with van der Waals surface area (Å²) in [7, 11) is 1.59. The molecule has 0 saturated carbocycles. The molecule has 2 aliphatic rings. The van der Waals surface area contributed by atoms with Crippen LogP contribution in [-0.2, 0) is 16.1 Å². The summed E-state index contributed by atoms with van der Waals surface area (Å²) in [5.41, 5.74) is 2.77. The van der Waals surface area contributed by atoms with Crippen LogP contribution in [0.1, 0.15) is 24.1 Å². The molecule has 2 amide bonds. The highest BCUT2D eigenvalue weighted by Crippen LogP contribution is 2.30. The van der Waals surface area contributed by atoms with Gasteiger partial charge in [0, 0.05) is 30.9 Å². The molecule has 168 valence electrons. The highest BCUT2D eigenvalue weighted by molar-refractivity contribution is 5.95. The van der Waals surface area contributed by atoms with Crippen LogP contribution in [0.2, 0.25) is 0 Å². The second kappa shape index (κ2) is 9.74. The number of hydrogen-bond donors (Lipinski definition) is 2. The van der Waals surface area contributed by atoms with Crippen molar-refractivity contribution in [2.24, 2.45) is 0 Å². The fourth-order valence-electron chi connectivity index (χ4n) is 3.98. The van der Waals surface area contributed by atoms with Crippen LogP contribution >= 0.6 is 0 Å². The Morgan fingerprint density at radius 3 is 2.72 bits per heavy atom. The van der Waals surface area contributed by atoms with Crippen molar-refractivity contribution in [2.75, 3.05) is 33.4 Å². The van der Waals surface area contributed by atoms with Gasteiger partial charge in [-0.15, -0.1) is 0 Å². The summed E-state index contributed by atoms with van der Waals surface area (Å²) in [6.07, 6.45) is 0. The number of methoxy groups -OCH3 is 1. The van der Waals surface area contributed by atoms with E-state index in [0.29, 0.717) is 43.3 Å². The molecule has 2 aromatic carbocycles. The molecule has 0 bridgehead atoms. The van der Waals surface area contributed by atoms with Crippen molar-refractivity contribution in [3.8, 4) is 11.5 Å². The maximum absolute atomic E-state index is 13.0. The molecule has 4 rings (SSSR count). The number of rotatable bonds is 6. The van der Waals surface area contributed by atoms with Crippen LogP contribution in [-0.4, -0.2) is 50.3 Å². The number of urea groups is 1. The highest BCUT2D eigenvalue weighted by Gasteiger charge is 2.34. The third kappa shape index (κ3) is 4.70. The van der Waals surface area contributed by atoms with Crippen molar-refractivity contribution in [2.45, 2.75) is 19.5 Å². The average molecular weight is 437 g/mol. The summed E-state index contributed by atoms with van der Waals surface area (Å²) in [6, 6.07) is 14.2. The van der Waals surface area contributed by atoms with Gasteiger partial charge in [0.2, 0.25) is 0 Å². The Kier molecular flexibility index (Phi) is 6.61. The molecule has 2 heterocycles. The monoisotopic (exact) mass is 437 g/mol. The third-order valence-corrected chi connectivity index (χ3v) is 5.51. The van der Waals surface area contributed by atoms with Crippen molar-refractivity contribution >= 4 is 12.0 Å². The lowest BCUT2D eigenvalue weighted by Crippen LogP contribution is -2.48. The second-order valence-electron chi connectivity index (χ2n) is 7.58. The summed E-state index contributed by atoms with van der Waals surface area (Å²) in [6.45, 7) is 4.21. The smallest absolute Gasteiger partial charge is 0.338 e. The molecular weight excluding hydrogens is 410 g/mol. The van der Waals surface area contributed by atoms with Gasteiger partial charge in [0.15, 0.2) is 0 Å². The predicted molar refractivity (Wildman–Crippen MR) is 118 cm³/mol. The number of ether oxygens (including phenoxy) is 3. The van der Waals surface area contributed by atoms with E-state index in [1.165, 1.54) is 0 Å². The van der Waals surface area contributed by atoms with Crippen molar-refractivity contribution < 1.29 is 23.8 Å². The molecule has 0 fully saturated rings. The Hall–Kier alpha value is -3.52. The summed E-state index contributed by atoms with van der Waals surface area (Å²) < 4.78 is 16.4. The molecule has 2 N–H and O–H groups in total. The SMILES string of the molecule is CCOC(=O)C1=C(CN2CCOc3ccccc3C2)NC(=O)NC1c1ccc(OC)cc1. The Balaban J connectivity index is 1.68. The number of hydrogen-bond acceptors (Lipinski definition) is 6. The van der Waals surface area contributed by atoms with Crippen molar-refractivity contribution in [1.82, 2.24) is 15.5 Å². The number of carbonyl (C=O) groups excluding carboxylic acids is 2. The van der Waals surface area contributed by atoms with Crippen LogP contribution < -0.4 is 20.1 Å². The Morgan fingerprint density at radius 1 is 1.19 bits per heavy atom. The average Bonchev–Trinajstić information content (AvgIpc) is 3.00. The summed E-state index contributed by atoms with van der Waals surface area (Å²) in [5.74, 6) is 1.10. The normalized spacial score (nSPS) is 18.6. The molecule has 0 aliphatic carbocycles. The number of esters is 1. The van der Waals surface area contributed by atoms with Gasteiger partial charge >= 0.3 is 12.0 Å². The quantitative estimate of drug-likeness (QED) is 0.676.